The minimum Gasteiger partial charge on any atom is -0.457 e. The standard InChI is InChI=1S/C25H23F2N3O2S/c1-29(2)13-8-14-30(25-28-23-20(27)15-17(26)16-22(23)33-25)24(31)19-11-6-7-12-21(19)32-18-9-4-3-5-10-18/h3-7,9-12,15-16H,8,13-14H2,1-2H3. The summed E-state index contributed by atoms with van der Waals surface area (Å²) in [6, 6.07) is 18.2. The topological polar surface area (TPSA) is 45.7 Å². The van der Waals surface area contributed by atoms with Gasteiger partial charge in [-0.3, -0.25) is 9.69 Å². The minimum absolute atomic E-state index is 0.0515. The van der Waals surface area contributed by atoms with Gasteiger partial charge in [0.25, 0.3) is 5.91 Å². The number of halogens is 2. The second-order valence-corrected chi connectivity index (χ2v) is 8.76. The first-order valence-corrected chi connectivity index (χ1v) is 11.3. The number of carbonyl (C=O) groups is 1. The first-order chi connectivity index (χ1) is 15.9. The number of nitrogens with zero attached hydrogens (tertiary/aromatic N) is 3. The first kappa shape index (κ1) is 22.8. The molecular formula is C25H23F2N3O2S. The molecule has 0 aliphatic rings. The molecule has 33 heavy (non-hydrogen) atoms. The first-order valence-electron chi connectivity index (χ1n) is 10.5. The predicted molar refractivity (Wildman–Crippen MR) is 127 cm³/mol. The number of aromatic nitrogens is 1. The van der Waals surface area contributed by atoms with Gasteiger partial charge in [-0.25, -0.2) is 13.8 Å². The van der Waals surface area contributed by atoms with Crippen LogP contribution in [0.15, 0.2) is 66.7 Å². The molecule has 1 heterocycles. The van der Waals surface area contributed by atoms with E-state index in [2.05, 4.69) is 4.98 Å². The Hall–Kier alpha value is -3.36. The van der Waals surface area contributed by atoms with Crippen LogP contribution in [0.5, 0.6) is 11.5 Å². The molecule has 0 N–H and O–H groups in total. The number of benzene rings is 3. The molecule has 4 rings (SSSR count). The van der Waals surface area contributed by atoms with E-state index in [1.54, 1.807) is 36.4 Å². The Morgan fingerprint density at radius 1 is 1.00 bits per heavy atom. The van der Waals surface area contributed by atoms with Crippen LogP contribution in [0.2, 0.25) is 0 Å². The van der Waals surface area contributed by atoms with Crippen molar-refractivity contribution in [1.82, 2.24) is 9.88 Å². The summed E-state index contributed by atoms with van der Waals surface area (Å²) >= 11 is 1.08. The van der Waals surface area contributed by atoms with E-state index in [9.17, 15) is 13.6 Å². The van der Waals surface area contributed by atoms with Gasteiger partial charge < -0.3 is 9.64 Å². The van der Waals surface area contributed by atoms with Crippen LogP contribution in [0.1, 0.15) is 16.8 Å². The van der Waals surface area contributed by atoms with E-state index in [4.69, 9.17) is 4.74 Å². The minimum atomic E-state index is -0.749. The molecule has 3 aromatic carbocycles. The van der Waals surface area contributed by atoms with Gasteiger partial charge in [-0.1, -0.05) is 41.7 Å². The Bertz CT molecular complexity index is 1260. The van der Waals surface area contributed by atoms with Crippen molar-refractivity contribution in [2.24, 2.45) is 0 Å². The van der Waals surface area contributed by atoms with Gasteiger partial charge in [-0.05, 0) is 57.4 Å². The van der Waals surface area contributed by atoms with E-state index in [0.29, 0.717) is 39.9 Å². The van der Waals surface area contributed by atoms with Crippen LogP contribution in [0, 0.1) is 11.6 Å². The number of amides is 1. The highest BCUT2D eigenvalue weighted by atomic mass is 32.1. The number of anilines is 1. The highest BCUT2D eigenvalue weighted by molar-refractivity contribution is 7.22. The maximum atomic E-state index is 14.3. The van der Waals surface area contributed by atoms with Crippen LogP contribution in [-0.2, 0) is 0 Å². The number of rotatable bonds is 8. The van der Waals surface area contributed by atoms with Crippen molar-refractivity contribution in [3.8, 4) is 11.5 Å². The monoisotopic (exact) mass is 467 g/mol. The number of thiazole rings is 1. The fraction of sp³-hybridized carbons (Fsp3) is 0.200. The molecule has 0 atom stereocenters. The molecule has 0 bridgehead atoms. The summed E-state index contributed by atoms with van der Waals surface area (Å²) in [6.07, 6.45) is 0.674. The summed E-state index contributed by atoms with van der Waals surface area (Å²) in [5.41, 5.74) is 0.410. The molecule has 0 aliphatic carbocycles. The van der Waals surface area contributed by atoms with Gasteiger partial charge in [-0.2, -0.15) is 0 Å². The van der Waals surface area contributed by atoms with Crippen molar-refractivity contribution < 1.29 is 18.3 Å². The predicted octanol–water partition coefficient (Wildman–Crippen LogP) is 5.97. The number of carbonyl (C=O) groups excluding carboxylic acids is 1. The average Bonchev–Trinajstić information content (AvgIpc) is 3.21. The molecule has 0 saturated heterocycles. The Kier molecular flexibility index (Phi) is 6.96. The zero-order valence-corrected chi connectivity index (χ0v) is 19.1. The fourth-order valence-electron chi connectivity index (χ4n) is 3.38. The van der Waals surface area contributed by atoms with Crippen LogP contribution < -0.4 is 9.64 Å². The lowest BCUT2D eigenvalue weighted by molar-refractivity contribution is 0.0983. The molecular weight excluding hydrogens is 444 g/mol. The van der Waals surface area contributed by atoms with Gasteiger partial charge in [0.15, 0.2) is 10.9 Å². The van der Waals surface area contributed by atoms with Crippen LogP contribution in [0.4, 0.5) is 13.9 Å². The number of fused-ring (bicyclic) bond motifs is 1. The van der Waals surface area contributed by atoms with Crippen LogP contribution in [0.3, 0.4) is 0 Å². The summed E-state index contributed by atoms with van der Waals surface area (Å²) in [5.74, 6) is -0.734. The van der Waals surface area contributed by atoms with Crippen LogP contribution >= 0.6 is 11.3 Å². The molecule has 0 aliphatic heterocycles. The van der Waals surface area contributed by atoms with Crippen molar-refractivity contribution in [1.29, 1.82) is 0 Å². The fourth-order valence-corrected chi connectivity index (χ4v) is 4.41. The highest BCUT2D eigenvalue weighted by Gasteiger charge is 2.25. The van der Waals surface area contributed by atoms with Crippen molar-refractivity contribution in [2.45, 2.75) is 6.42 Å². The molecule has 8 heteroatoms. The molecule has 0 saturated carbocycles. The Labute approximate surface area is 194 Å². The van der Waals surface area contributed by atoms with Crippen molar-refractivity contribution >= 4 is 32.6 Å². The Morgan fingerprint density at radius 2 is 1.73 bits per heavy atom. The quantitative estimate of drug-likeness (QED) is 0.321. The molecule has 170 valence electrons. The van der Waals surface area contributed by atoms with Crippen molar-refractivity contribution in [3.05, 3.63) is 83.9 Å². The molecule has 1 aromatic heterocycles. The van der Waals surface area contributed by atoms with E-state index in [-0.39, 0.29) is 11.4 Å². The molecule has 1 amide bonds. The van der Waals surface area contributed by atoms with Crippen molar-refractivity contribution in [3.63, 3.8) is 0 Å². The van der Waals surface area contributed by atoms with E-state index < -0.39 is 11.6 Å². The lowest BCUT2D eigenvalue weighted by atomic mass is 10.1. The van der Waals surface area contributed by atoms with Gasteiger partial charge in [0.2, 0.25) is 0 Å². The number of hydrogen-bond acceptors (Lipinski definition) is 5. The average molecular weight is 468 g/mol. The van der Waals surface area contributed by atoms with E-state index >= 15 is 0 Å². The zero-order chi connectivity index (χ0) is 23.4. The summed E-state index contributed by atoms with van der Waals surface area (Å²) in [7, 11) is 3.90. The maximum Gasteiger partial charge on any atom is 0.263 e. The zero-order valence-electron chi connectivity index (χ0n) is 18.3. The Morgan fingerprint density at radius 3 is 2.48 bits per heavy atom. The maximum absolute atomic E-state index is 14.3. The summed E-state index contributed by atoms with van der Waals surface area (Å²) < 4.78 is 34.3. The normalized spacial score (nSPS) is 11.2. The molecule has 0 unspecified atom stereocenters. The third kappa shape index (κ3) is 5.35. The van der Waals surface area contributed by atoms with Crippen LogP contribution in [0.25, 0.3) is 10.2 Å². The molecule has 0 spiro atoms. The SMILES string of the molecule is CN(C)CCCN(C(=O)c1ccccc1Oc1ccccc1)c1nc2c(F)cc(F)cc2s1. The third-order valence-electron chi connectivity index (χ3n) is 4.95. The van der Waals surface area contributed by atoms with Crippen molar-refractivity contribution in [2.75, 3.05) is 32.1 Å². The third-order valence-corrected chi connectivity index (χ3v) is 5.98. The molecule has 5 nitrogen and oxygen atoms in total. The molecule has 4 aromatic rings. The summed E-state index contributed by atoms with van der Waals surface area (Å²) in [5, 5.41) is 0.313. The lowest BCUT2D eigenvalue weighted by Gasteiger charge is -2.22. The Balaban J connectivity index is 1.71. The van der Waals surface area contributed by atoms with Gasteiger partial charge in [0.05, 0.1) is 10.3 Å². The van der Waals surface area contributed by atoms with Gasteiger partial charge >= 0.3 is 0 Å². The summed E-state index contributed by atoms with van der Waals surface area (Å²) in [4.78, 5) is 21.6. The number of hydrogen-bond donors (Lipinski definition) is 0. The van der Waals surface area contributed by atoms with Crippen LogP contribution in [-0.4, -0.2) is 43.0 Å². The number of para-hydroxylation sites is 2. The van der Waals surface area contributed by atoms with E-state index in [0.717, 1.165) is 23.9 Å². The smallest absolute Gasteiger partial charge is 0.263 e. The lowest BCUT2D eigenvalue weighted by Crippen LogP contribution is -2.33. The second kappa shape index (κ2) is 10.1. The van der Waals surface area contributed by atoms with Gasteiger partial charge in [0.1, 0.15) is 22.8 Å². The molecule has 0 radical (unpaired) electrons. The van der Waals surface area contributed by atoms with E-state index in [1.807, 2.05) is 37.2 Å². The summed E-state index contributed by atoms with van der Waals surface area (Å²) in [6.45, 7) is 1.11. The second-order valence-electron chi connectivity index (χ2n) is 7.76. The largest absolute Gasteiger partial charge is 0.457 e. The molecule has 0 fully saturated rings. The van der Waals surface area contributed by atoms with Gasteiger partial charge in [0, 0.05) is 12.6 Å². The van der Waals surface area contributed by atoms with E-state index in [1.165, 1.54) is 11.0 Å². The highest BCUT2D eigenvalue weighted by Crippen LogP contribution is 2.34. The number of ether oxygens (including phenoxy) is 1. The van der Waals surface area contributed by atoms with Gasteiger partial charge in [-0.15, -0.1) is 0 Å².